The number of esters is 2. The number of hydrogen-bond donors (Lipinski definition) is 0. The van der Waals surface area contributed by atoms with Gasteiger partial charge in [0.25, 0.3) is 0 Å². The number of unbranched alkanes of at least 4 members (excludes halogenated alkanes) is 3. The highest BCUT2D eigenvalue weighted by Gasteiger charge is 2.23. The quantitative estimate of drug-likeness (QED) is 0.429. The molecule has 2 fully saturated rings. The third-order valence-electron chi connectivity index (χ3n) is 3.87. The van der Waals surface area contributed by atoms with Crippen molar-refractivity contribution in [3.63, 3.8) is 0 Å². The van der Waals surface area contributed by atoms with Crippen molar-refractivity contribution in [3.8, 4) is 0 Å². The molecule has 6 nitrogen and oxygen atoms in total. The Morgan fingerprint density at radius 1 is 0.773 bits per heavy atom. The van der Waals surface area contributed by atoms with Gasteiger partial charge in [0.15, 0.2) is 0 Å². The molecule has 0 spiro atoms. The average Bonchev–Trinajstić information content (AvgIpc) is 3.09. The Kier molecular flexibility index (Phi) is 7.66. The Hall–Kier alpha value is -1.14. The molecule has 0 N–H and O–H groups in total. The molecule has 2 atom stereocenters. The van der Waals surface area contributed by atoms with Gasteiger partial charge in [-0.2, -0.15) is 0 Å². The van der Waals surface area contributed by atoms with Crippen LogP contribution in [0.5, 0.6) is 0 Å². The van der Waals surface area contributed by atoms with E-state index in [2.05, 4.69) is 0 Å². The predicted molar refractivity (Wildman–Crippen MR) is 78.3 cm³/mol. The standard InChI is InChI=1S/C16H26O6/c17-15-7-5-13(21-15)11-19-9-3-1-2-4-10-20-12-14-6-8-16(18)22-14/h13-14H,1-12H2. The average molecular weight is 314 g/mol. The fraction of sp³-hybridized carbons (Fsp3) is 0.875. The van der Waals surface area contributed by atoms with Crippen LogP contribution >= 0.6 is 0 Å². The number of hydrogen-bond acceptors (Lipinski definition) is 6. The summed E-state index contributed by atoms with van der Waals surface area (Å²) in [5, 5.41) is 0. The molecule has 0 aromatic heterocycles. The Balaban J connectivity index is 1.30. The maximum absolute atomic E-state index is 10.9. The molecule has 2 aliphatic rings. The van der Waals surface area contributed by atoms with E-state index in [0.29, 0.717) is 39.3 Å². The summed E-state index contributed by atoms with van der Waals surface area (Å²) in [6.45, 7) is 2.48. The third kappa shape index (κ3) is 6.75. The van der Waals surface area contributed by atoms with Gasteiger partial charge in [0.1, 0.15) is 12.2 Å². The van der Waals surface area contributed by atoms with E-state index in [9.17, 15) is 9.59 Å². The summed E-state index contributed by atoms with van der Waals surface area (Å²) in [7, 11) is 0. The lowest BCUT2D eigenvalue weighted by molar-refractivity contribution is -0.144. The summed E-state index contributed by atoms with van der Waals surface area (Å²) in [6.07, 6.45) is 6.78. The van der Waals surface area contributed by atoms with Crippen LogP contribution in [0, 0.1) is 0 Å². The lowest BCUT2D eigenvalue weighted by Gasteiger charge is -2.10. The van der Waals surface area contributed by atoms with Crippen LogP contribution in [0.15, 0.2) is 0 Å². The summed E-state index contributed by atoms with van der Waals surface area (Å²) in [5.74, 6) is -0.220. The first kappa shape index (κ1) is 17.2. The van der Waals surface area contributed by atoms with E-state index in [0.717, 1.165) is 38.5 Å². The molecule has 2 heterocycles. The monoisotopic (exact) mass is 314 g/mol. The molecule has 2 unspecified atom stereocenters. The van der Waals surface area contributed by atoms with Crippen LogP contribution in [0.2, 0.25) is 0 Å². The van der Waals surface area contributed by atoms with Crippen molar-refractivity contribution in [3.05, 3.63) is 0 Å². The van der Waals surface area contributed by atoms with Gasteiger partial charge in [-0.15, -0.1) is 0 Å². The smallest absolute Gasteiger partial charge is 0.306 e. The number of ether oxygens (including phenoxy) is 4. The lowest BCUT2D eigenvalue weighted by atomic mass is 10.2. The van der Waals surface area contributed by atoms with E-state index in [4.69, 9.17) is 18.9 Å². The van der Waals surface area contributed by atoms with Gasteiger partial charge in [-0.25, -0.2) is 0 Å². The van der Waals surface area contributed by atoms with Gasteiger partial charge in [-0.05, 0) is 25.7 Å². The topological polar surface area (TPSA) is 71.1 Å². The molecule has 2 aliphatic heterocycles. The van der Waals surface area contributed by atoms with Crippen LogP contribution in [0.1, 0.15) is 51.4 Å². The SMILES string of the molecule is O=C1CCC(COCCCCCCOCC2CCC(=O)O2)O1. The molecule has 0 amide bonds. The number of carbonyl (C=O) groups is 2. The highest BCUT2D eigenvalue weighted by atomic mass is 16.6. The molecule has 2 saturated heterocycles. The fourth-order valence-corrected chi connectivity index (χ4v) is 2.59. The first-order valence-electron chi connectivity index (χ1n) is 8.28. The molecule has 0 saturated carbocycles. The van der Waals surface area contributed by atoms with Crippen molar-refractivity contribution >= 4 is 11.9 Å². The summed E-state index contributed by atoms with van der Waals surface area (Å²) < 4.78 is 21.2. The highest BCUT2D eigenvalue weighted by Crippen LogP contribution is 2.15. The summed E-state index contributed by atoms with van der Waals surface area (Å²) in [6, 6.07) is 0. The number of cyclic esters (lactones) is 2. The molecule has 0 radical (unpaired) electrons. The van der Waals surface area contributed by atoms with Crippen LogP contribution in [-0.2, 0) is 28.5 Å². The fourth-order valence-electron chi connectivity index (χ4n) is 2.59. The Morgan fingerprint density at radius 2 is 1.23 bits per heavy atom. The predicted octanol–water partition coefficient (Wildman–Crippen LogP) is 1.99. The molecule has 126 valence electrons. The van der Waals surface area contributed by atoms with E-state index in [1.54, 1.807) is 0 Å². The second kappa shape index (κ2) is 9.79. The van der Waals surface area contributed by atoms with Gasteiger partial charge in [-0.3, -0.25) is 9.59 Å². The largest absolute Gasteiger partial charge is 0.460 e. The second-order valence-corrected chi connectivity index (χ2v) is 5.87. The molecule has 0 aromatic carbocycles. The zero-order chi connectivity index (χ0) is 15.6. The van der Waals surface area contributed by atoms with E-state index in [1.807, 2.05) is 0 Å². The minimum absolute atomic E-state index is 0.0365. The van der Waals surface area contributed by atoms with Crippen molar-refractivity contribution in [1.82, 2.24) is 0 Å². The molecular weight excluding hydrogens is 288 g/mol. The molecule has 2 rings (SSSR count). The van der Waals surface area contributed by atoms with Gasteiger partial charge in [0.05, 0.1) is 13.2 Å². The third-order valence-corrected chi connectivity index (χ3v) is 3.87. The number of carbonyl (C=O) groups excluding carboxylic acids is 2. The zero-order valence-corrected chi connectivity index (χ0v) is 13.1. The van der Waals surface area contributed by atoms with E-state index in [1.165, 1.54) is 0 Å². The molecule has 0 aromatic rings. The normalized spacial score (nSPS) is 24.5. The first-order chi connectivity index (χ1) is 10.7. The van der Waals surface area contributed by atoms with Gasteiger partial charge in [0.2, 0.25) is 0 Å². The highest BCUT2D eigenvalue weighted by molar-refractivity contribution is 5.71. The van der Waals surface area contributed by atoms with Crippen molar-refractivity contribution in [2.45, 2.75) is 63.6 Å². The van der Waals surface area contributed by atoms with Crippen LogP contribution in [-0.4, -0.2) is 50.6 Å². The molecule has 6 heteroatoms. The van der Waals surface area contributed by atoms with Crippen molar-refractivity contribution < 1.29 is 28.5 Å². The molecular formula is C16H26O6. The number of rotatable bonds is 11. The van der Waals surface area contributed by atoms with Crippen molar-refractivity contribution in [1.29, 1.82) is 0 Å². The molecule has 22 heavy (non-hydrogen) atoms. The maximum Gasteiger partial charge on any atom is 0.306 e. The van der Waals surface area contributed by atoms with Crippen LogP contribution in [0.3, 0.4) is 0 Å². The summed E-state index contributed by atoms with van der Waals surface area (Å²) in [5.41, 5.74) is 0. The van der Waals surface area contributed by atoms with Crippen LogP contribution < -0.4 is 0 Å². The molecule has 0 aliphatic carbocycles. The van der Waals surface area contributed by atoms with Gasteiger partial charge >= 0.3 is 11.9 Å². The minimum Gasteiger partial charge on any atom is -0.460 e. The van der Waals surface area contributed by atoms with Crippen LogP contribution in [0.4, 0.5) is 0 Å². The van der Waals surface area contributed by atoms with Crippen molar-refractivity contribution in [2.75, 3.05) is 26.4 Å². The van der Waals surface area contributed by atoms with Crippen LogP contribution in [0.25, 0.3) is 0 Å². The zero-order valence-electron chi connectivity index (χ0n) is 13.1. The summed E-state index contributed by atoms with van der Waals surface area (Å²) in [4.78, 5) is 21.8. The Bertz CT molecular complexity index is 323. The minimum atomic E-state index is -0.110. The molecule has 0 bridgehead atoms. The Morgan fingerprint density at radius 3 is 1.59 bits per heavy atom. The van der Waals surface area contributed by atoms with Gasteiger partial charge < -0.3 is 18.9 Å². The lowest BCUT2D eigenvalue weighted by Crippen LogP contribution is -2.16. The van der Waals surface area contributed by atoms with Crippen molar-refractivity contribution in [2.24, 2.45) is 0 Å². The van der Waals surface area contributed by atoms with Gasteiger partial charge in [-0.1, -0.05) is 12.8 Å². The van der Waals surface area contributed by atoms with E-state index in [-0.39, 0.29) is 24.1 Å². The maximum atomic E-state index is 10.9. The Labute approximate surface area is 131 Å². The first-order valence-corrected chi connectivity index (χ1v) is 8.28. The summed E-state index contributed by atoms with van der Waals surface area (Å²) >= 11 is 0. The van der Waals surface area contributed by atoms with Gasteiger partial charge in [0, 0.05) is 26.1 Å². The van der Waals surface area contributed by atoms with E-state index >= 15 is 0 Å². The second-order valence-electron chi connectivity index (χ2n) is 5.87. The van der Waals surface area contributed by atoms with E-state index < -0.39 is 0 Å².